The number of aryl methyl sites for hydroxylation is 2. The average Bonchev–Trinajstić information content (AvgIpc) is 3.30. The van der Waals surface area contributed by atoms with Crippen molar-refractivity contribution >= 4 is 29.1 Å². The molecular weight excluding hydrogens is 437 g/mol. The molecule has 3 rings (SSSR count). The lowest BCUT2D eigenvalue weighted by Crippen LogP contribution is -2.26. The maximum Gasteiger partial charge on any atom is 0.271 e. The van der Waals surface area contributed by atoms with Crippen LogP contribution in [0.25, 0.3) is 0 Å². The lowest BCUT2D eigenvalue weighted by Gasteiger charge is -2.19. The van der Waals surface area contributed by atoms with Crippen molar-refractivity contribution < 1.29 is 9.53 Å². The largest absolute Gasteiger partial charge is 0.471 e. The molecule has 0 aliphatic heterocycles. The monoisotopic (exact) mass is 463 g/mol. The van der Waals surface area contributed by atoms with Gasteiger partial charge in [-0.3, -0.25) is 9.48 Å². The summed E-state index contributed by atoms with van der Waals surface area (Å²) in [5.41, 5.74) is 2.36. The van der Waals surface area contributed by atoms with Crippen LogP contribution in [0.1, 0.15) is 48.9 Å². The Bertz CT molecular complexity index is 1040. The third-order valence-corrected chi connectivity index (χ3v) is 5.72. The third kappa shape index (κ3) is 6.02. The molecule has 0 saturated heterocycles. The van der Waals surface area contributed by atoms with Crippen molar-refractivity contribution in [1.29, 1.82) is 0 Å². The van der Waals surface area contributed by atoms with Gasteiger partial charge in [0.15, 0.2) is 6.73 Å². The van der Waals surface area contributed by atoms with Gasteiger partial charge in [0, 0.05) is 19.3 Å². The van der Waals surface area contributed by atoms with Crippen LogP contribution in [0, 0.1) is 6.92 Å². The first-order valence-corrected chi connectivity index (χ1v) is 10.8. The zero-order valence-electron chi connectivity index (χ0n) is 18.2. The highest BCUT2D eigenvalue weighted by Gasteiger charge is 2.14. The zero-order valence-corrected chi connectivity index (χ0v) is 19.7. The molecule has 0 fully saturated rings. The number of rotatable bonds is 8. The Hall–Kier alpha value is -2.51. The molecule has 0 radical (unpaired) electrons. The summed E-state index contributed by atoms with van der Waals surface area (Å²) >= 11 is 12.1. The number of ether oxygens (including phenoxy) is 1. The lowest BCUT2D eigenvalue weighted by atomic mass is 9.87. The number of hydrogen-bond donors (Lipinski definition) is 1. The van der Waals surface area contributed by atoms with E-state index in [-0.39, 0.29) is 18.1 Å². The third-order valence-electron chi connectivity index (χ3n) is 4.79. The van der Waals surface area contributed by atoms with Gasteiger partial charge in [0.1, 0.15) is 21.6 Å². The van der Waals surface area contributed by atoms with Crippen molar-refractivity contribution in [2.24, 2.45) is 0 Å². The molecule has 166 valence electrons. The second-order valence-corrected chi connectivity index (χ2v) is 9.05. The number of nitrogens with zero attached hydrogens (tertiary/aromatic N) is 4. The quantitative estimate of drug-likeness (QED) is 0.484. The average molecular weight is 464 g/mol. The van der Waals surface area contributed by atoms with Gasteiger partial charge in [0.25, 0.3) is 5.91 Å². The van der Waals surface area contributed by atoms with Crippen molar-refractivity contribution in [3.8, 4) is 5.75 Å². The summed E-state index contributed by atoms with van der Waals surface area (Å²) in [4.78, 5) is 12.3. The van der Waals surface area contributed by atoms with E-state index in [2.05, 4.69) is 48.4 Å². The SMILES string of the molecule is Cc1nn(CCCNC(=O)c2ccn(COc3ccc(C(C)(C)C)cc3)n2)c(Cl)c1Cl. The number of halogens is 2. The predicted molar refractivity (Wildman–Crippen MR) is 122 cm³/mol. The Morgan fingerprint density at radius 2 is 1.84 bits per heavy atom. The van der Waals surface area contributed by atoms with Crippen molar-refractivity contribution in [2.75, 3.05) is 6.54 Å². The molecule has 1 amide bonds. The molecule has 2 heterocycles. The van der Waals surface area contributed by atoms with Crippen molar-refractivity contribution in [1.82, 2.24) is 24.9 Å². The standard InChI is InChI=1S/C22H27Cl2N5O2/c1-15-19(23)20(24)29(26-15)12-5-11-25-21(30)18-10-13-28(27-18)14-31-17-8-6-16(7-9-17)22(2,3)4/h6-10,13H,5,11-12,14H2,1-4H3,(H,25,30). The summed E-state index contributed by atoms with van der Waals surface area (Å²) in [6.45, 7) is 9.55. The Morgan fingerprint density at radius 1 is 1.13 bits per heavy atom. The van der Waals surface area contributed by atoms with Gasteiger partial charge >= 0.3 is 0 Å². The summed E-state index contributed by atoms with van der Waals surface area (Å²) in [6.07, 6.45) is 2.38. The van der Waals surface area contributed by atoms with E-state index >= 15 is 0 Å². The van der Waals surface area contributed by atoms with Gasteiger partial charge in [-0.2, -0.15) is 10.2 Å². The minimum Gasteiger partial charge on any atom is -0.471 e. The van der Waals surface area contributed by atoms with Crippen LogP contribution in [0.2, 0.25) is 10.2 Å². The molecule has 0 atom stereocenters. The van der Waals surface area contributed by atoms with Gasteiger partial charge in [-0.05, 0) is 42.5 Å². The predicted octanol–water partition coefficient (Wildman–Crippen LogP) is 4.85. The van der Waals surface area contributed by atoms with Crippen molar-refractivity contribution in [2.45, 2.75) is 52.8 Å². The van der Waals surface area contributed by atoms with E-state index in [0.29, 0.717) is 41.1 Å². The fraction of sp³-hybridized carbons (Fsp3) is 0.409. The molecule has 0 saturated carbocycles. The molecule has 2 aromatic heterocycles. The molecule has 7 nitrogen and oxygen atoms in total. The fourth-order valence-electron chi connectivity index (χ4n) is 2.95. The van der Waals surface area contributed by atoms with E-state index in [9.17, 15) is 4.79 Å². The van der Waals surface area contributed by atoms with Crippen molar-refractivity contribution in [3.05, 3.63) is 63.7 Å². The number of hydrogen-bond acceptors (Lipinski definition) is 4. The smallest absolute Gasteiger partial charge is 0.271 e. The number of amides is 1. The second kappa shape index (κ2) is 9.75. The summed E-state index contributed by atoms with van der Waals surface area (Å²) in [7, 11) is 0. The molecule has 0 aliphatic carbocycles. The Balaban J connectivity index is 1.44. The molecule has 1 aromatic carbocycles. The molecule has 0 bridgehead atoms. The highest BCUT2D eigenvalue weighted by atomic mass is 35.5. The van der Waals surface area contributed by atoms with E-state index in [1.165, 1.54) is 5.56 Å². The van der Waals surface area contributed by atoms with Crippen LogP contribution in [-0.2, 0) is 18.7 Å². The fourth-order valence-corrected chi connectivity index (χ4v) is 3.34. The first-order chi connectivity index (χ1) is 14.6. The van der Waals surface area contributed by atoms with Crippen LogP contribution in [0.5, 0.6) is 5.75 Å². The van der Waals surface area contributed by atoms with Gasteiger partial charge in [-0.15, -0.1) is 0 Å². The second-order valence-electron chi connectivity index (χ2n) is 8.31. The molecule has 1 N–H and O–H groups in total. The number of aromatic nitrogens is 4. The molecule has 0 spiro atoms. The normalized spacial score (nSPS) is 11.5. The summed E-state index contributed by atoms with van der Waals surface area (Å²) in [5, 5.41) is 12.3. The van der Waals surface area contributed by atoms with Crippen LogP contribution in [0.4, 0.5) is 0 Å². The Kier molecular flexibility index (Phi) is 7.28. The van der Waals surface area contributed by atoms with Gasteiger partial charge in [-0.1, -0.05) is 56.1 Å². The summed E-state index contributed by atoms with van der Waals surface area (Å²) in [5.74, 6) is 0.510. The number of nitrogens with one attached hydrogen (secondary N) is 1. The molecule has 31 heavy (non-hydrogen) atoms. The summed E-state index contributed by atoms with van der Waals surface area (Å²) in [6, 6.07) is 9.66. The van der Waals surface area contributed by atoms with Gasteiger partial charge in [-0.25, -0.2) is 4.68 Å². The van der Waals surface area contributed by atoms with Crippen LogP contribution >= 0.6 is 23.2 Å². The molecule has 3 aromatic rings. The van der Waals surface area contributed by atoms with Crippen molar-refractivity contribution in [3.63, 3.8) is 0 Å². The van der Waals surface area contributed by atoms with E-state index in [0.717, 1.165) is 5.75 Å². The minimum absolute atomic E-state index is 0.0966. The number of benzene rings is 1. The highest BCUT2D eigenvalue weighted by Crippen LogP contribution is 2.25. The van der Waals surface area contributed by atoms with Crippen LogP contribution in [0.15, 0.2) is 36.5 Å². The van der Waals surface area contributed by atoms with Gasteiger partial charge in [0.05, 0.1) is 5.69 Å². The number of carbonyl (C=O) groups excluding carboxylic acids is 1. The van der Waals surface area contributed by atoms with Crippen LogP contribution in [0.3, 0.4) is 0 Å². The molecular formula is C22H27Cl2N5O2. The van der Waals surface area contributed by atoms with Crippen LogP contribution in [-0.4, -0.2) is 32.0 Å². The maximum absolute atomic E-state index is 12.3. The molecule has 0 unspecified atom stereocenters. The summed E-state index contributed by atoms with van der Waals surface area (Å²) < 4.78 is 8.97. The van der Waals surface area contributed by atoms with E-state index in [4.69, 9.17) is 27.9 Å². The van der Waals surface area contributed by atoms with E-state index < -0.39 is 0 Å². The van der Waals surface area contributed by atoms with E-state index in [1.807, 2.05) is 12.1 Å². The zero-order chi connectivity index (χ0) is 22.6. The maximum atomic E-state index is 12.3. The first kappa shape index (κ1) is 23.2. The van der Waals surface area contributed by atoms with Gasteiger partial charge < -0.3 is 10.1 Å². The first-order valence-electron chi connectivity index (χ1n) is 10.1. The Labute approximate surface area is 192 Å². The molecule has 9 heteroatoms. The van der Waals surface area contributed by atoms with E-state index in [1.54, 1.807) is 28.6 Å². The Morgan fingerprint density at radius 3 is 2.45 bits per heavy atom. The highest BCUT2D eigenvalue weighted by molar-refractivity contribution is 6.41. The molecule has 0 aliphatic rings. The number of carbonyl (C=O) groups is 1. The topological polar surface area (TPSA) is 74.0 Å². The lowest BCUT2D eigenvalue weighted by molar-refractivity contribution is 0.0945. The van der Waals surface area contributed by atoms with Gasteiger partial charge in [0.2, 0.25) is 0 Å². The minimum atomic E-state index is -0.242. The van der Waals surface area contributed by atoms with Crippen LogP contribution < -0.4 is 10.1 Å².